The van der Waals surface area contributed by atoms with Crippen molar-refractivity contribution >= 4 is 17.4 Å². The summed E-state index contributed by atoms with van der Waals surface area (Å²) in [5, 5.41) is 2.86. The van der Waals surface area contributed by atoms with E-state index >= 15 is 0 Å². The molecule has 0 spiro atoms. The van der Waals surface area contributed by atoms with Gasteiger partial charge in [0.15, 0.2) is 5.78 Å². The van der Waals surface area contributed by atoms with Crippen LogP contribution in [0.15, 0.2) is 42.5 Å². The third-order valence-corrected chi connectivity index (χ3v) is 3.69. The predicted molar refractivity (Wildman–Crippen MR) is 89.3 cm³/mol. The normalized spacial score (nSPS) is 10.3. The number of carbonyl (C=O) groups excluding carboxylic acids is 2. The highest BCUT2D eigenvalue weighted by atomic mass is 16.1. The van der Waals surface area contributed by atoms with E-state index in [1.165, 1.54) is 23.6 Å². The molecule has 0 aliphatic carbocycles. The molecule has 0 bridgehead atoms. The Kier molecular flexibility index (Phi) is 5.10. The summed E-state index contributed by atoms with van der Waals surface area (Å²) in [5.74, 6) is 0.00303. The second-order valence-corrected chi connectivity index (χ2v) is 5.61. The maximum absolute atomic E-state index is 12.0. The van der Waals surface area contributed by atoms with E-state index in [2.05, 4.69) is 37.4 Å². The largest absolute Gasteiger partial charge is 0.326 e. The molecule has 0 saturated carbocycles. The highest BCUT2D eigenvalue weighted by Crippen LogP contribution is 2.14. The van der Waals surface area contributed by atoms with Gasteiger partial charge in [0.2, 0.25) is 5.91 Å². The molecule has 0 aliphatic rings. The van der Waals surface area contributed by atoms with Crippen LogP contribution in [0.4, 0.5) is 5.69 Å². The van der Waals surface area contributed by atoms with Crippen molar-refractivity contribution in [2.24, 2.45) is 0 Å². The van der Waals surface area contributed by atoms with Crippen molar-refractivity contribution in [2.75, 3.05) is 5.32 Å². The summed E-state index contributed by atoms with van der Waals surface area (Å²) in [6.07, 6.45) is 1.17. The van der Waals surface area contributed by atoms with E-state index in [1.807, 2.05) is 0 Å². The molecule has 0 unspecified atom stereocenters. The van der Waals surface area contributed by atoms with Gasteiger partial charge in [-0.15, -0.1) is 0 Å². The number of hydrogen-bond acceptors (Lipinski definition) is 2. The van der Waals surface area contributed by atoms with E-state index in [0.29, 0.717) is 12.0 Å². The van der Waals surface area contributed by atoms with E-state index in [0.717, 1.165) is 12.1 Å². The average molecular weight is 295 g/mol. The molecule has 0 saturated heterocycles. The van der Waals surface area contributed by atoms with E-state index in [4.69, 9.17) is 0 Å². The van der Waals surface area contributed by atoms with E-state index in [9.17, 15) is 9.59 Å². The van der Waals surface area contributed by atoms with Gasteiger partial charge in [-0.25, -0.2) is 0 Å². The Morgan fingerprint density at radius 1 is 1.00 bits per heavy atom. The smallest absolute Gasteiger partial charge is 0.224 e. The molecule has 0 aromatic heterocycles. The summed E-state index contributed by atoms with van der Waals surface area (Å²) in [4.78, 5) is 23.2. The van der Waals surface area contributed by atoms with Crippen LogP contribution < -0.4 is 5.32 Å². The van der Waals surface area contributed by atoms with Crippen molar-refractivity contribution in [1.29, 1.82) is 0 Å². The maximum atomic E-state index is 12.0. The fraction of sp³-hybridized carbons (Fsp3) is 0.263. The van der Waals surface area contributed by atoms with Crippen LogP contribution in [0.25, 0.3) is 0 Å². The van der Waals surface area contributed by atoms with Crippen LogP contribution in [0.2, 0.25) is 0 Å². The molecule has 3 nitrogen and oxygen atoms in total. The number of ketones is 1. The fourth-order valence-electron chi connectivity index (χ4n) is 2.39. The number of nitrogens with one attached hydrogen (secondary N) is 1. The summed E-state index contributed by atoms with van der Waals surface area (Å²) < 4.78 is 0. The lowest BCUT2D eigenvalue weighted by molar-refractivity contribution is -0.116. The van der Waals surface area contributed by atoms with Crippen LogP contribution in [-0.4, -0.2) is 11.7 Å². The van der Waals surface area contributed by atoms with Crippen LogP contribution in [0.1, 0.15) is 40.4 Å². The van der Waals surface area contributed by atoms with Crippen LogP contribution in [0, 0.1) is 13.8 Å². The standard InChI is InChI=1S/C19H21NO2/c1-13-4-5-16(14(2)12-13)8-11-19(22)20-18-9-6-17(7-10-18)15(3)21/h4-7,9-10,12H,8,11H2,1-3H3,(H,20,22). The predicted octanol–water partition coefficient (Wildman–Crippen LogP) is 4.08. The van der Waals surface area contributed by atoms with Gasteiger partial charge >= 0.3 is 0 Å². The monoisotopic (exact) mass is 295 g/mol. The Morgan fingerprint density at radius 3 is 2.27 bits per heavy atom. The summed E-state index contributed by atoms with van der Waals surface area (Å²) in [5.41, 5.74) is 5.02. The van der Waals surface area contributed by atoms with Crippen molar-refractivity contribution < 1.29 is 9.59 Å². The van der Waals surface area contributed by atoms with Crippen LogP contribution in [0.3, 0.4) is 0 Å². The van der Waals surface area contributed by atoms with Crippen molar-refractivity contribution in [3.63, 3.8) is 0 Å². The minimum absolute atomic E-state index is 0.0180. The number of Topliss-reactive ketones (excluding diaryl/α,β-unsaturated/α-hetero) is 1. The first kappa shape index (κ1) is 16.0. The second kappa shape index (κ2) is 7.03. The minimum atomic E-state index is -0.0180. The molecule has 2 aromatic carbocycles. The second-order valence-electron chi connectivity index (χ2n) is 5.61. The van der Waals surface area contributed by atoms with Crippen molar-refractivity contribution in [3.8, 4) is 0 Å². The highest BCUT2D eigenvalue weighted by molar-refractivity contribution is 5.95. The molecule has 2 rings (SSSR count). The zero-order chi connectivity index (χ0) is 16.1. The van der Waals surface area contributed by atoms with E-state index in [1.54, 1.807) is 24.3 Å². The van der Waals surface area contributed by atoms with Crippen LogP contribution in [-0.2, 0) is 11.2 Å². The maximum Gasteiger partial charge on any atom is 0.224 e. The number of aryl methyl sites for hydroxylation is 3. The SMILES string of the molecule is CC(=O)c1ccc(NC(=O)CCc2ccc(C)cc2C)cc1. The van der Waals surface area contributed by atoms with Crippen LogP contribution >= 0.6 is 0 Å². The topological polar surface area (TPSA) is 46.2 Å². The van der Waals surface area contributed by atoms with Crippen LogP contribution in [0.5, 0.6) is 0 Å². The summed E-state index contributed by atoms with van der Waals surface area (Å²) >= 11 is 0. The molecule has 0 fully saturated rings. The quantitative estimate of drug-likeness (QED) is 0.845. The van der Waals surface area contributed by atoms with Gasteiger partial charge in [0, 0.05) is 17.7 Å². The van der Waals surface area contributed by atoms with E-state index < -0.39 is 0 Å². The van der Waals surface area contributed by atoms with Gasteiger partial charge in [0.05, 0.1) is 0 Å². The Bertz CT molecular complexity index is 687. The molecule has 2 aromatic rings. The first-order valence-corrected chi connectivity index (χ1v) is 7.42. The fourth-order valence-corrected chi connectivity index (χ4v) is 2.39. The molecule has 0 radical (unpaired) electrons. The number of anilines is 1. The van der Waals surface area contributed by atoms with Crippen molar-refractivity contribution in [1.82, 2.24) is 0 Å². The zero-order valence-corrected chi connectivity index (χ0v) is 13.3. The zero-order valence-electron chi connectivity index (χ0n) is 13.3. The first-order valence-electron chi connectivity index (χ1n) is 7.42. The number of hydrogen-bond donors (Lipinski definition) is 1. The molecule has 114 valence electrons. The summed E-state index contributed by atoms with van der Waals surface area (Å²) in [6, 6.07) is 13.2. The summed E-state index contributed by atoms with van der Waals surface area (Å²) in [6.45, 7) is 5.66. The minimum Gasteiger partial charge on any atom is -0.326 e. The Balaban J connectivity index is 1.91. The van der Waals surface area contributed by atoms with Crippen molar-refractivity contribution in [2.45, 2.75) is 33.6 Å². The third-order valence-electron chi connectivity index (χ3n) is 3.69. The number of carbonyl (C=O) groups is 2. The molecule has 0 heterocycles. The third kappa shape index (κ3) is 4.29. The van der Waals surface area contributed by atoms with Gasteiger partial charge in [-0.1, -0.05) is 23.8 Å². The lowest BCUT2D eigenvalue weighted by atomic mass is 10.0. The van der Waals surface area contributed by atoms with Gasteiger partial charge in [0.25, 0.3) is 0 Å². The summed E-state index contributed by atoms with van der Waals surface area (Å²) in [7, 11) is 0. The highest BCUT2D eigenvalue weighted by Gasteiger charge is 2.06. The van der Waals surface area contributed by atoms with Gasteiger partial charge in [-0.3, -0.25) is 9.59 Å². The Labute approximate surface area is 131 Å². The van der Waals surface area contributed by atoms with E-state index in [-0.39, 0.29) is 11.7 Å². The van der Waals surface area contributed by atoms with Gasteiger partial charge in [-0.05, 0) is 62.6 Å². The molecular formula is C19H21NO2. The number of rotatable bonds is 5. The average Bonchev–Trinajstić information content (AvgIpc) is 2.47. The Hall–Kier alpha value is -2.42. The first-order chi connectivity index (χ1) is 10.5. The number of benzene rings is 2. The molecule has 0 aliphatic heterocycles. The van der Waals surface area contributed by atoms with Gasteiger partial charge in [0.1, 0.15) is 0 Å². The molecule has 3 heteroatoms. The lowest BCUT2D eigenvalue weighted by Gasteiger charge is -2.08. The van der Waals surface area contributed by atoms with Crippen molar-refractivity contribution in [3.05, 3.63) is 64.7 Å². The Morgan fingerprint density at radius 2 is 1.68 bits per heavy atom. The number of amides is 1. The molecule has 0 atom stereocenters. The molecular weight excluding hydrogens is 274 g/mol. The molecule has 22 heavy (non-hydrogen) atoms. The molecule has 1 amide bonds. The van der Waals surface area contributed by atoms with Gasteiger partial charge in [-0.2, -0.15) is 0 Å². The lowest BCUT2D eigenvalue weighted by Crippen LogP contribution is -2.12. The van der Waals surface area contributed by atoms with Gasteiger partial charge < -0.3 is 5.32 Å². The molecule has 1 N–H and O–H groups in total.